The number of aromatic nitrogens is 2. The maximum absolute atomic E-state index is 6.00. The third kappa shape index (κ3) is 2.85. The Morgan fingerprint density at radius 3 is 2.50 bits per heavy atom. The summed E-state index contributed by atoms with van der Waals surface area (Å²) in [5, 5.41) is 6.66. The molecule has 0 unspecified atom stereocenters. The molecule has 0 saturated carbocycles. The smallest absolute Gasteiger partial charge is 0.204 e. The summed E-state index contributed by atoms with van der Waals surface area (Å²) in [5.74, 6) is 2.27. The highest BCUT2D eigenvalue weighted by Gasteiger charge is 2.13. The number of halogens is 1. The van der Waals surface area contributed by atoms with E-state index in [0.717, 1.165) is 0 Å². The first-order valence-corrected chi connectivity index (χ1v) is 6.24. The average molecular weight is 295 g/mol. The zero-order valence-corrected chi connectivity index (χ0v) is 12.2. The van der Waals surface area contributed by atoms with Crippen molar-refractivity contribution in [3.05, 3.63) is 29.5 Å². The zero-order valence-electron chi connectivity index (χ0n) is 11.4. The summed E-state index contributed by atoms with van der Waals surface area (Å²) in [7, 11) is 4.90. The number of nitrogens with zero attached hydrogens (tertiary/aromatic N) is 2. The van der Waals surface area contributed by atoms with E-state index in [9.17, 15) is 0 Å². The molecule has 0 atom stereocenters. The van der Waals surface area contributed by atoms with Crippen molar-refractivity contribution in [3.63, 3.8) is 0 Å². The molecule has 1 heterocycles. The second kappa shape index (κ2) is 6.29. The highest BCUT2D eigenvalue weighted by atomic mass is 35.5. The summed E-state index contributed by atoms with van der Waals surface area (Å²) in [5.41, 5.74) is 0.694. The van der Waals surface area contributed by atoms with Crippen molar-refractivity contribution < 1.29 is 9.47 Å². The van der Waals surface area contributed by atoms with Crippen LogP contribution >= 0.6 is 11.6 Å². The maximum Gasteiger partial charge on any atom is 0.204 e. The molecule has 6 nitrogen and oxygen atoms in total. The first-order valence-electron chi connectivity index (χ1n) is 5.87. The number of nitrogens with one attached hydrogen (secondary N) is 2. The largest absolute Gasteiger partial charge is 0.495 e. The van der Waals surface area contributed by atoms with Crippen LogP contribution in [0.2, 0.25) is 5.02 Å². The molecule has 7 heteroatoms. The Morgan fingerprint density at radius 2 is 1.85 bits per heavy atom. The van der Waals surface area contributed by atoms with E-state index in [2.05, 4.69) is 20.6 Å². The Morgan fingerprint density at radius 1 is 1.10 bits per heavy atom. The SMILES string of the molecule is CNc1ncnc(Nc2cc(Cl)ccc2OC)c1OC. The summed E-state index contributed by atoms with van der Waals surface area (Å²) in [6.45, 7) is 0. The molecule has 2 rings (SSSR count). The van der Waals surface area contributed by atoms with Gasteiger partial charge in [-0.25, -0.2) is 9.97 Å². The molecule has 0 aliphatic heterocycles. The van der Waals surface area contributed by atoms with Gasteiger partial charge in [-0.15, -0.1) is 0 Å². The predicted octanol–water partition coefficient (Wildman–Crippen LogP) is 2.93. The summed E-state index contributed by atoms with van der Waals surface area (Å²) in [6.07, 6.45) is 1.44. The van der Waals surface area contributed by atoms with Gasteiger partial charge in [-0.2, -0.15) is 0 Å². The monoisotopic (exact) mass is 294 g/mol. The topological polar surface area (TPSA) is 68.3 Å². The minimum Gasteiger partial charge on any atom is -0.495 e. The zero-order chi connectivity index (χ0) is 14.5. The molecule has 0 bridgehead atoms. The fourth-order valence-electron chi connectivity index (χ4n) is 1.74. The van der Waals surface area contributed by atoms with Gasteiger partial charge < -0.3 is 20.1 Å². The average Bonchev–Trinajstić information content (AvgIpc) is 2.47. The fraction of sp³-hybridized carbons (Fsp3) is 0.231. The van der Waals surface area contributed by atoms with E-state index < -0.39 is 0 Å². The standard InChI is InChI=1S/C13H15ClN4O2/c1-15-12-11(20-3)13(17-7-16-12)18-9-6-8(14)4-5-10(9)19-2/h4-7H,1-3H3,(H2,15,16,17,18). The van der Waals surface area contributed by atoms with Gasteiger partial charge in [-0.05, 0) is 18.2 Å². The molecule has 106 valence electrons. The van der Waals surface area contributed by atoms with Crippen molar-refractivity contribution in [3.8, 4) is 11.5 Å². The lowest BCUT2D eigenvalue weighted by Crippen LogP contribution is -2.04. The lowest BCUT2D eigenvalue weighted by Gasteiger charge is -2.14. The number of ether oxygens (including phenoxy) is 2. The van der Waals surface area contributed by atoms with Gasteiger partial charge in [0.1, 0.15) is 12.1 Å². The Kier molecular flexibility index (Phi) is 4.47. The van der Waals surface area contributed by atoms with Crippen molar-refractivity contribution in [2.45, 2.75) is 0 Å². The van der Waals surface area contributed by atoms with Gasteiger partial charge in [0.25, 0.3) is 0 Å². The third-order valence-electron chi connectivity index (χ3n) is 2.66. The Hall–Kier alpha value is -2.21. The number of hydrogen-bond donors (Lipinski definition) is 2. The fourth-order valence-corrected chi connectivity index (χ4v) is 1.91. The van der Waals surface area contributed by atoms with Crippen LogP contribution in [0.25, 0.3) is 0 Å². The number of anilines is 3. The van der Waals surface area contributed by atoms with Crippen LogP contribution in [0.1, 0.15) is 0 Å². The molecule has 20 heavy (non-hydrogen) atoms. The van der Waals surface area contributed by atoms with Crippen molar-refractivity contribution in [1.82, 2.24) is 9.97 Å². The van der Waals surface area contributed by atoms with E-state index in [-0.39, 0.29) is 0 Å². The molecule has 2 N–H and O–H groups in total. The van der Waals surface area contributed by atoms with E-state index in [0.29, 0.717) is 33.8 Å². The van der Waals surface area contributed by atoms with Crippen LogP contribution in [0.3, 0.4) is 0 Å². The first-order chi connectivity index (χ1) is 9.69. The molecule has 0 spiro atoms. The van der Waals surface area contributed by atoms with Crippen LogP contribution in [-0.2, 0) is 0 Å². The van der Waals surface area contributed by atoms with Gasteiger partial charge in [0.2, 0.25) is 5.75 Å². The van der Waals surface area contributed by atoms with E-state index in [4.69, 9.17) is 21.1 Å². The van der Waals surface area contributed by atoms with Gasteiger partial charge in [-0.3, -0.25) is 0 Å². The van der Waals surface area contributed by atoms with Crippen molar-refractivity contribution >= 4 is 28.9 Å². The molecule has 1 aromatic carbocycles. The van der Waals surface area contributed by atoms with E-state index >= 15 is 0 Å². The molecule has 0 aliphatic carbocycles. The van der Waals surface area contributed by atoms with Gasteiger partial charge in [-0.1, -0.05) is 11.6 Å². The van der Waals surface area contributed by atoms with Crippen LogP contribution in [0.4, 0.5) is 17.3 Å². The third-order valence-corrected chi connectivity index (χ3v) is 2.89. The highest BCUT2D eigenvalue weighted by molar-refractivity contribution is 6.31. The highest BCUT2D eigenvalue weighted by Crippen LogP contribution is 2.35. The van der Waals surface area contributed by atoms with Gasteiger partial charge in [0.05, 0.1) is 19.9 Å². The van der Waals surface area contributed by atoms with Crippen molar-refractivity contribution in [2.75, 3.05) is 31.9 Å². The summed E-state index contributed by atoms with van der Waals surface area (Å²) >= 11 is 6.00. The van der Waals surface area contributed by atoms with Crippen molar-refractivity contribution in [2.24, 2.45) is 0 Å². The Labute approximate surface area is 122 Å². The molecule has 0 fully saturated rings. The molecular weight excluding hydrogens is 280 g/mol. The van der Waals surface area contributed by atoms with Gasteiger partial charge in [0.15, 0.2) is 11.6 Å². The summed E-state index contributed by atoms with van der Waals surface area (Å²) in [6, 6.07) is 5.28. The number of rotatable bonds is 5. The molecule has 0 aliphatic rings. The summed E-state index contributed by atoms with van der Waals surface area (Å²) < 4.78 is 10.6. The minimum atomic E-state index is 0.511. The predicted molar refractivity (Wildman–Crippen MR) is 79.4 cm³/mol. The quantitative estimate of drug-likeness (QED) is 0.884. The second-order valence-electron chi connectivity index (χ2n) is 3.82. The molecule has 0 amide bonds. The molecule has 0 saturated heterocycles. The maximum atomic E-state index is 6.00. The Balaban J connectivity index is 2.42. The molecule has 1 aromatic heterocycles. The molecule has 2 aromatic rings. The van der Waals surface area contributed by atoms with Gasteiger partial charge in [0, 0.05) is 12.1 Å². The van der Waals surface area contributed by atoms with Crippen LogP contribution in [0.15, 0.2) is 24.5 Å². The van der Waals surface area contributed by atoms with Crippen LogP contribution < -0.4 is 20.1 Å². The second-order valence-corrected chi connectivity index (χ2v) is 4.26. The molecular formula is C13H15ClN4O2. The number of benzene rings is 1. The van der Waals surface area contributed by atoms with E-state index in [1.807, 2.05) is 0 Å². The first kappa shape index (κ1) is 14.2. The lowest BCUT2D eigenvalue weighted by atomic mass is 10.3. The number of methoxy groups -OCH3 is 2. The van der Waals surface area contributed by atoms with E-state index in [1.54, 1.807) is 39.5 Å². The minimum absolute atomic E-state index is 0.511. The van der Waals surface area contributed by atoms with E-state index in [1.165, 1.54) is 6.33 Å². The number of hydrogen-bond acceptors (Lipinski definition) is 6. The van der Waals surface area contributed by atoms with Crippen molar-refractivity contribution in [1.29, 1.82) is 0 Å². The Bertz CT molecular complexity index is 607. The molecule has 0 radical (unpaired) electrons. The normalized spacial score (nSPS) is 10.0. The lowest BCUT2D eigenvalue weighted by molar-refractivity contribution is 0.413. The van der Waals surface area contributed by atoms with Crippen LogP contribution in [0.5, 0.6) is 11.5 Å². The summed E-state index contributed by atoms with van der Waals surface area (Å²) in [4.78, 5) is 8.26. The van der Waals surface area contributed by atoms with Crippen LogP contribution in [0, 0.1) is 0 Å². The van der Waals surface area contributed by atoms with Crippen LogP contribution in [-0.4, -0.2) is 31.2 Å². The van der Waals surface area contributed by atoms with Gasteiger partial charge >= 0.3 is 0 Å².